The standard InChI is InChI=1S/C17H15BrN4O2/c18-14-9-13(10-19-11-14)17-20-16(21-24-17)12-1-3-15(4-2-12)22-5-7-23-8-6-22/h1-4,9-11H,5-8H2. The number of morpholine rings is 1. The molecule has 24 heavy (non-hydrogen) atoms. The molecule has 0 N–H and O–H groups in total. The minimum atomic E-state index is 0.455. The lowest BCUT2D eigenvalue weighted by molar-refractivity contribution is 0.122. The Balaban J connectivity index is 1.56. The summed E-state index contributed by atoms with van der Waals surface area (Å²) in [6, 6.07) is 10.1. The second-order valence-electron chi connectivity index (χ2n) is 5.46. The molecule has 0 amide bonds. The molecule has 0 saturated carbocycles. The van der Waals surface area contributed by atoms with Crippen molar-refractivity contribution in [2.24, 2.45) is 0 Å². The maximum Gasteiger partial charge on any atom is 0.259 e. The third-order valence-corrected chi connectivity index (χ3v) is 4.31. The van der Waals surface area contributed by atoms with Crippen LogP contribution < -0.4 is 4.90 Å². The van der Waals surface area contributed by atoms with Crippen LogP contribution in [-0.4, -0.2) is 41.4 Å². The molecule has 6 nitrogen and oxygen atoms in total. The van der Waals surface area contributed by atoms with Gasteiger partial charge in [-0.05, 0) is 46.3 Å². The van der Waals surface area contributed by atoms with Crippen LogP contribution in [0.3, 0.4) is 0 Å². The van der Waals surface area contributed by atoms with E-state index in [2.05, 4.69) is 48.1 Å². The zero-order valence-corrected chi connectivity index (χ0v) is 14.4. The first kappa shape index (κ1) is 15.3. The highest BCUT2D eigenvalue weighted by molar-refractivity contribution is 9.10. The lowest BCUT2D eigenvalue weighted by atomic mass is 10.2. The van der Waals surface area contributed by atoms with Crippen LogP contribution in [0, 0.1) is 0 Å². The van der Waals surface area contributed by atoms with Crippen LogP contribution in [0.4, 0.5) is 5.69 Å². The number of rotatable bonds is 3. The first-order chi connectivity index (χ1) is 11.8. The molecule has 0 aliphatic carbocycles. The van der Waals surface area contributed by atoms with Gasteiger partial charge >= 0.3 is 0 Å². The van der Waals surface area contributed by atoms with E-state index >= 15 is 0 Å². The Labute approximate surface area is 147 Å². The number of hydrogen-bond donors (Lipinski definition) is 0. The Morgan fingerprint density at radius 3 is 2.54 bits per heavy atom. The van der Waals surface area contributed by atoms with Crippen LogP contribution in [0.15, 0.2) is 51.7 Å². The Hall–Kier alpha value is -2.25. The molecule has 0 spiro atoms. The van der Waals surface area contributed by atoms with Crippen LogP contribution in [0.25, 0.3) is 22.8 Å². The average Bonchev–Trinajstić information content (AvgIpc) is 3.13. The van der Waals surface area contributed by atoms with E-state index in [4.69, 9.17) is 9.26 Å². The molecule has 7 heteroatoms. The number of hydrogen-bond acceptors (Lipinski definition) is 6. The minimum Gasteiger partial charge on any atom is -0.378 e. The van der Waals surface area contributed by atoms with Gasteiger partial charge < -0.3 is 14.2 Å². The Morgan fingerprint density at radius 2 is 1.79 bits per heavy atom. The van der Waals surface area contributed by atoms with Gasteiger partial charge in [0.05, 0.1) is 18.8 Å². The number of nitrogens with zero attached hydrogens (tertiary/aromatic N) is 4. The summed E-state index contributed by atoms with van der Waals surface area (Å²) in [6.45, 7) is 3.39. The van der Waals surface area contributed by atoms with E-state index in [1.165, 1.54) is 5.69 Å². The fraction of sp³-hybridized carbons (Fsp3) is 0.235. The largest absolute Gasteiger partial charge is 0.378 e. The van der Waals surface area contributed by atoms with Gasteiger partial charge in [-0.2, -0.15) is 4.98 Å². The van der Waals surface area contributed by atoms with Crippen LogP contribution in [0.5, 0.6) is 0 Å². The third-order valence-electron chi connectivity index (χ3n) is 3.88. The van der Waals surface area contributed by atoms with Gasteiger partial charge in [-0.25, -0.2) is 0 Å². The van der Waals surface area contributed by atoms with Gasteiger partial charge in [0.1, 0.15) is 0 Å². The highest BCUT2D eigenvalue weighted by atomic mass is 79.9. The predicted molar refractivity (Wildman–Crippen MR) is 93.7 cm³/mol. The fourth-order valence-corrected chi connectivity index (χ4v) is 2.99. The van der Waals surface area contributed by atoms with E-state index in [0.29, 0.717) is 11.7 Å². The van der Waals surface area contributed by atoms with Gasteiger partial charge in [-0.1, -0.05) is 5.16 Å². The predicted octanol–water partition coefficient (Wildman–Crippen LogP) is 3.40. The second kappa shape index (κ2) is 6.70. The van der Waals surface area contributed by atoms with Crippen molar-refractivity contribution in [2.45, 2.75) is 0 Å². The molecule has 2 aromatic heterocycles. The van der Waals surface area contributed by atoms with Crippen LogP contribution >= 0.6 is 15.9 Å². The summed E-state index contributed by atoms with van der Waals surface area (Å²) in [5.74, 6) is 1.02. The first-order valence-electron chi connectivity index (χ1n) is 7.67. The fourth-order valence-electron chi connectivity index (χ4n) is 2.63. The maximum atomic E-state index is 5.38. The molecule has 1 fully saturated rings. The van der Waals surface area contributed by atoms with Crippen LogP contribution in [0.2, 0.25) is 0 Å². The summed E-state index contributed by atoms with van der Waals surface area (Å²) < 4.78 is 11.6. The van der Waals surface area contributed by atoms with Gasteiger partial charge in [-0.3, -0.25) is 4.98 Å². The van der Waals surface area contributed by atoms with Crippen LogP contribution in [0.1, 0.15) is 0 Å². The normalized spacial score (nSPS) is 14.8. The van der Waals surface area contributed by atoms with Crippen molar-refractivity contribution < 1.29 is 9.26 Å². The third kappa shape index (κ3) is 3.18. The number of pyridine rings is 1. The molecular weight excluding hydrogens is 372 g/mol. The minimum absolute atomic E-state index is 0.455. The molecular formula is C17H15BrN4O2. The quantitative estimate of drug-likeness (QED) is 0.687. The number of halogens is 1. The van der Waals surface area contributed by atoms with Crippen molar-refractivity contribution >= 4 is 21.6 Å². The number of aromatic nitrogens is 3. The van der Waals surface area contributed by atoms with E-state index < -0.39 is 0 Å². The number of anilines is 1. The molecule has 0 atom stereocenters. The first-order valence-corrected chi connectivity index (χ1v) is 8.47. The van der Waals surface area contributed by atoms with E-state index in [1.807, 2.05) is 18.2 Å². The Morgan fingerprint density at radius 1 is 1.00 bits per heavy atom. The Bertz CT molecular complexity index is 829. The van der Waals surface area contributed by atoms with Crippen molar-refractivity contribution in [3.8, 4) is 22.8 Å². The smallest absolute Gasteiger partial charge is 0.259 e. The molecule has 3 aromatic rings. The summed E-state index contributed by atoms with van der Waals surface area (Å²) in [5, 5.41) is 4.07. The molecule has 4 rings (SSSR count). The van der Waals surface area contributed by atoms with Crippen molar-refractivity contribution in [1.82, 2.24) is 15.1 Å². The van der Waals surface area contributed by atoms with Gasteiger partial charge in [0.25, 0.3) is 5.89 Å². The molecule has 0 bridgehead atoms. The molecule has 0 unspecified atom stereocenters. The lowest BCUT2D eigenvalue weighted by Crippen LogP contribution is -2.36. The second-order valence-corrected chi connectivity index (χ2v) is 6.38. The molecule has 1 saturated heterocycles. The SMILES string of the molecule is Brc1cncc(-c2nc(-c3ccc(N4CCOCC4)cc3)no2)c1. The highest BCUT2D eigenvalue weighted by Crippen LogP contribution is 2.25. The summed E-state index contributed by atoms with van der Waals surface area (Å²) in [6.07, 6.45) is 3.41. The summed E-state index contributed by atoms with van der Waals surface area (Å²) >= 11 is 3.39. The molecule has 1 aliphatic heterocycles. The van der Waals surface area contributed by atoms with Gasteiger partial charge in [0, 0.05) is 41.2 Å². The maximum absolute atomic E-state index is 5.38. The van der Waals surface area contributed by atoms with E-state index in [-0.39, 0.29) is 0 Å². The zero-order valence-electron chi connectivity index (χ0n) is 12.9. The number of ether oxygens (including phenoxy) is 1. The van der Waals surface area contributed by atoms with Gasteiger partial charge in [-0.15, -0.1) is 0 Å². The molecule has 0 radical (unpaired) electrons. The van der Waals surface area contributed by atoms with Crippen LogP contribution in [-0.2, 0) is 4.74 Å². The number of benzene rings is 1. The molecule has 122 valence electrons. The topological polar surface area (TPSA) is 64.3 Å². The summed E-state index contributed by atoms with van der Waals surface area (Å²) in [4.78, 5) is 10.9. The Kier molecular flexibility index (Phi) is 4.27. The van der Waals surface area contributed by atoms with Gasteiger partial charge in [0.2, 0.25) is 5.82 Å². The molecule has 1 aromatic carbocycles. The van der Waals surface area contributed by atoms with Crippen molar-refractivity contribution in [3.63, 3.8) is 0 Å². The van der Waals surface area contributed by atoms with Gasteiger partial charge in [0.15, 0.2) is 0 Å². The van der Waals surface area contributed by atoms with E-state index in [0.717, 1.165) is 41.9 Å². The van der Waals surface area contributed by atoms with Crippen molar-refractivity contribution in [2.75, 3.05) is 31.2 Å². The summed E-state index contributed by atoms with van der Waals surface area (Å²) in [5.41, 5.74) is 2.89. The summed E-state index contributed by atoms with van der Waals surface area (Å²) in [7, 11) is 0. The zero-order chi connectivity index (χ0) is 16.4. The van der Waals surface area contributed by atoms with Crippen molar-refractivity contribution in [3.05, 3.63) is 47.2 Å². The van der Waals surface area contributed by atoms with E-state index in [9.17, 15) is 0 Å². The highest BCUT2D eigenvalue weighted by Gasteiger charge is 2.14. The van der Waals surface area contributed by atoms with E-state index in [1.54, 1.807) is 12.4 Å². The average molecular weight is 387 g/mol. The lowest BCUT2D eigenvalue weighted by Gasteiger charge is -2.28. The molecule has 1 aliphatic rings. The monoisotopic (exact) mass is 386 g/mol. The van der Waals surface area contributed by atoms with Crippen molar-refractivity contribution in [1.29, 1.82) is 0 Å². The molecule has 3 heterocycles.